The monoisotopic (exact) mass is 602 g/mol. The summed E-state index contributed by atoms with van der Waals surface area (Å²) in [4.78, 5) is 12.9. The van der Waals surface area contributed by atoms with Gasteiger partial charge in [-0.3, -0.25) is 0 Å². The first-order valence-corrected chi connectivity index (χ1v) is 12.6. The van der Waals surface area contributed by atoms with E-state index < -0.39 is 89.4 Å². The first-order valence-electron chi connectivity index (χ1n) is 12.6. The molecule has 2 aliphatic heterocycles. The Balaban J connectivity index is 1.54. The van der Waals surface area contributed by atoms with Gasteiger partial charge in [0.2, 0.25) is 6.29 Å². The van der Waals surface area contributed by atoms with Crippen LogP contribution in [-0.2, 0) is 14.2 Å². The summed E-state index contributed by atoms with van der Waals surface area (Å²) >= 11 is 0. The molecule has 15 heteroatoms. The van der Waals surface area contributed by atoms with Crippen molar-refractivity contribution in [3.63, 3.8) is 0 Å². The minimum atomic E-state index is -1.92. The molecule has 2 heterocycles. The molecule has 6 atom stereocenters. The van der Waals surface area contributed by atoms with Crippen molar-refractivity contribution >= 4 is 12.0 Å². The van der Waals surface area contributed by atoms with Gasteiger partial charge in [0, 0.05) is 17.7 Å². The number of benzene rings is 3. The van der Waals surface area contributed by atoms with E-state index in [4.69, 9.17) is 18.9 Å². The van der Waals surface area contributed by atoms with Crippen molar-refractivity contribution in [1.29, 1.82) is 0 Å². The fraction of sp³-hybridized carbons (Fsp3) is 0.250. The molecule has 0 aromatic heterocycles. The fourth-order valence-corrected chi connectivity index (χ4v) is 4.60. The number of aliphatic hydroxyl groups excluding tert-OH is 3. The second kappa shape index (κ2) is 11.3. The van der Waals surface area contributed by atoms with Crippen molar-refractivity contribution in [2.24, 2.45) is 0 Å². The molecular formula is C28H26O15. The van der Waals surface area contributed by atoms with Gasteiger partial charge in [-0.25, -0.2) is 4.79 Å². The first kappa shape index (κ1) is 29.4. The summed E-state index contributed by atoms with van der Waals surface area (Å²) in [6.07, 6.45) is -8.73. The van der Waals surface area contributed by atoms with E-state index >= 15 is 0 Å². The van der Waals surface area contributed by atoms with E-state index in [1.807, 2.05) is 0 Å². The van der Waals surface area contributed by atoms with E-state index in [1.54, 1.807) is 0 Å². The Morgan fingerprint density at radius 1 is 0.814 bits per heavy atom. The zero-order valence-corrected chi connectivity index (χ0v) is 21.8. The van der Waals surface area contributed by atoms with Crippen molar-refractivity contribution in [2.45, 2.75) is 36.8 Å². The lowest BCUT2D eigenvalue weighted by Crippen LogP contribution is -2.60. The highest BCUT2D eigenvalue weighted by Crippen LogP contribution is 2.45. The SMILES string of the molecule is O=C(OC1C(OC2=Cc3c(O)cc(O)cc3OC2c2ccc(O)c(O)c2)OC(CO)C(O)C1O)c1cc(O)c(O)c(O)c1. The number of esters is 1. The molecule has 6 unspecified atom stereocenters. The summed E-state index contributed by atoms with van der Waals surface area (Å²) in [5, 5.41) is 100. The topological polar surface area (TPSA) is 256 Å². The van der Waals surface area contributed by atoms with Crippen LogP contribution in [-0.4, -0.2) is 94.3 Å². The van der Waals surface area contributed by atoms with Gasteiger partial charge in [0.25, 0.3) is 0 Å². The minimum absolute atomic E-state index is 0.00871. The van der Waals surface area contributed by atoms with E-state index in [0.29, 0.717) is 0 Å². The smallest absolute Gasteiger partial charge is 0.339 e. The Bertz CT molecular complexity index is 1560. The van der Waals surface area contributed by atoms with Gasteiger partial charge < -0.3 is 70.0 Å². The minimum Gasteiger partial charge on any atom is -0.508 e. The number of hydrogen-bond donors (Lipinski definition) is 10. The molecule has 5 rings (SSSR count). The summed E-state index contributed by atoms with van der Waals surface area (Å²) in [6, 6.07) is 7.43. The molecule has 0 radical (unpaired) electrons. The number of ether oxygens (including phenoxy) is 4. The number of carbonyl (C=O) groups excluding carboxylic acids is 1. The van der Waals surface area contributed by atoms with Gasteiger partial charge in [-0.05, 0) is 30.3 Å². The lowest BCUT2D eigenvalue weighted by Gasteiger charge is -2.42. The second-order valence-corrected chi connectivity index (χ2v) is 9.73. The van der Waals surface area contributed by atoms with E-state index in [2.05, 4.69) is 0 Å². The largest absolute Gasteiger partial charge is 0.508 e. The zero-order valence-electron chi connectivity index (χ0n) is 21.8. The Labute approximate surface area is 241 Å². The average molecular weight is 603 g/mol. The highest BCUT2D eigenvalue weighted by molar-refractivity contribution is 5.91. The number of rotatable bonds is 6. The fourth-order valence-electron chi connectivity index (χ4n) is 4.60. The molecule has 0 saturated carbocycles. The maximum absolute atomic E-state index is 12.9. The first-order chi connectivity index (χ1) is 20.4. The summed E-state index contributed by atoms with van der Waals surface area (Å²) < 4.78 is 22.9. The highest BCUT2D eigenvalue weighted by Gasteiger charge is 2.49. The Hall–Kier alpha value is -5.09. The van der Waals surface area contributed by atoms with Gasteiger partial charge >= 0.3 is 5.97 Å². The van der Waals surface area contributed by atoms with Gasteiger partial charge in [-0.2, -0.15) is 0 Å². The molecule has 3 aromatic rings. The number of aromatic hydroxyl groups is 7. The van der Waals surface area contributed by atoms with E-state index in [9.17, 15) is 55.9 Å². The molecule has 0 spiro atoms. The lowest BCUT2D eigenvalue weighted by molar-refractivity contribution is -0.292. The number of phenols is 7. The van der Waals surface area contributed by atoms with Gasteiger partial charge in [0.15, 0.2) is 41.0 Å². The van der Waals surface area contributed by atoms with Crippen molar-refractivity contribution in [2.75, 3.05) is 6.61 Å². The third kappa shape index (κ3) is 5.56. The van der Waals surface area contributed by atoms with Crippen LogP contribution in [0, 0.1) is 0 Å². The van der Waals surface area contributed by atoms with Crippen LogP contribution in [0.25, 0.3) is 6.08 Å². The summed E-state index contributed by atoms with van der Waals surface area (Å²) in [5.41, 5.74) is -0.242. The number of carbonyl (C=O) groups is 1. The molecular weight excluding hydrogens is 576 g/mol. The summed E-state index contributed by atoms with van der Waals surface area (Å²) in [5.74, 6) is -5.77. The lowest BCUT2D eigenvalue weighted by atomic mass is 9.98. The quantitative estimate of drug-likeness (QED) is 0.138. The molecule has 10 N–H and O–H groups in total. The predicted molar refractivity (Wildman–Crippen MR) is 140 cm³/mol. The third-order valence-corrected chi connectivity index (χ3v) is 6.82. The Kier molecular flexibility index (Phi) is 7.72. The van der Waals surface area contributed by atoms with Crippen molar-refractivity contribution in [3.05, 3.63) is 64.9 Å². The maximum atomic E-state index is 12.9. The third-order valence-electron chi connectivity index (χ3n) is 6.82. The molecule has 228 valence electrons. The predicted octanol–water partition coefficient (Wildman–Crippen LogP) is 0.782. The van der Waals surface area contributed by atoms with E-state index in [-0.39, 0.29) is 28.4 Å². The number of hydrogen-bond acceptors (Lipinski definition) is 15. The van der Waals surface area contributed by atoms with Crippen LogP contribution in [0.5, 0.6) is 46.0 Å². The van der Waals surface area contributed by atoms with Crippen molar-refractivity contribution < 1.29 is 74.8 Å². The number of phenolic OH excluding ortho intramolecular Hbond substituents is 7. The van der Waals surface area contributed by atoms with Crippen LogP contribution in [0.4, 0.5) is 0 Å². The average Bonchev–Trinajstić information content (AvgIpc) is 2.96. The van der Waals surface area contributed by atoms with E-state index in [0.717, 1.165) is 30.3 Å². The number of aliphatic hydroxyl groups is 3. The standard InChI is InChI=1S/C28H26O15/c29-9-21-23(37)24(38)26(43-27(39)11-4-17(34)22(36)18(35)5-11)28(42-21)41-20-8-13-15(32)6-12(30)7-19(13)40-25(20)10-1-2-14(31)16(33)3-10/h1-8,21,23-26,28-38H,9H2. The van der Waals surface area contributed by atoms with Crippen LogP contribution < -0.4 is 4.74 Å². The molecule has 1 saturated heterocycles. The van der Waals surface area contributed by atoms with Gasteiger partial charge in [0.1, 0.15) is 41.3 Å². The van der Waals surface area contributed by atoms with Crippen LogP contribution in [0.1, 0.15) is 27.6 Å². The summed E-state index contributed by atoms with van der Waals surface area (Å²) in [7, 11) is 0. The molecule has 1 fully saturated rings. The zero-order chi connectivity index (χ0) is 31.2. The molecule has 3 aromatic carbocycles. The molecule has 0 amide bonds. The second-order valence-electron chi connectivity index (χ2n) is 9.73. The van der Waals surface area contributed by atoms with Crippen molar-refractivity contribution in [1.82, 2.24) is 0 Å². The molecule has 15 nitrogen and oxygen atoms in total. The maximum Gasteiger partial charge on any atom is 0.339 e. The molecule has 43 heavy (non-hydrogen) atoms. The number of fused-ring (bicyclic) bond motifs is 1. The Morgan fingerprint density at radius 2 is 1.51 bits per heavy atom. The Morgan fingerprint density at radius 3 is 2.16 bits per heavy atom. The summed E-state index contributed by atoms with van der Waals surface area (Å²) in [6.45, 7) is -0.799. The van der Waals surface area contributed by atoms with Gasteiger partial charge in [-0.15, -0.1) is 0 Å². The molecule has 2 aliphatic rings. The van der Waals surface area contributed by atoms with Crippen LogP contribution in [0.3, 0.4) is 0 Å². The van der Waals surface area contributed by atoms with Crippen LogP contribution in [0.15, 0.2) is 48.2 Å². The van der Waals surface area contributed by atoms with E-state index in [1.165, 1.54) is 18.2 Å². The van der Waals surface area contributed by atoms with Crippen LogP contribution >= 0.6 is 0 Å². The molecule has 0 aliphatic carbocycles. The molecule has 0 bridgehead atoms. The normalized spacial score (nSPS) is 24.8. The van der Waals surface area contributed by atoms with Gasteiger partial charge in [0.05, 0.1) is 17.7 Å². The van der Waals surface area contributed by atoms with Crippen LogP contribution in [0.2, 0.25) is 0 Å². The highest BCUT2D eigenvalue weighted by atomic mass is 16.7. The van der Waals surface area contributed by atoms with Crippen molar-refractivity contribution in [3.8, 4) is 46.0 Å². The van der Waals surface area contributed by atoms with Gasteiger partial charge in [-0.1, -0.05) is 6.07 Å².